The molecule has 0 radical (unpaired) electrons. The zero-order valence-corrected chi connectivity index (χ0v) is 27.2. The van der Waals surface area contributed by atoms with E-state index in [9.17, 15) is 28.6 Å². The summed E-state index contributed by atoms with van der Waals surface area (Å²) < 4.78 is 28.1. The van der Waals surface area contributed by atoms with Gasteiger partial charge in [0, 0.05) is 63.0 Å². The average Bonchev–Trinajstić information content (AvgIpc) is 3.34. The normalized spacial score (nSPS) is 21.6. The highest BCUT2D eigenvalue weighted by molar-refractivity contribution is 5.83. The number of pyridine rings is 1. The summed E-state index contributed by atoms with van der Waals surface area (Å²) in [5, 5.41) is 28.2. The van der Waals surface area contributed by atoms with Crippen molar-refractivity contribution in [2.75, 3.05) is 26.2 Å². The van der Waals surface area contributed by atoms with Crippen LogP contribution >= 0.6 is 0 Å². The number of fused-ring (bicyclic) bond motifs is 1. The molecule has 0 spiro atoms. The minimum atomic E-state index is -0.993. The van der Waals surface area contributed by atoms with Crippen molar-refractivity contribution in [2.24, 2.45) is 5.92 Å². The van der Waals surface area contributed by atoms with Crippen molar-refractivity contribution in [3.8, 4) is 0 Å². The number of piperazine rings is 1. The summed E-state index contributed by atoms with van der Waals surface area (Å²) in [7, 11) is 0. The average molecular weight is 650 g/mol. The van der Waals surface area contributed by atoms with Crippen LogP contribution < -0.4 is 10.6 Å². The van der Waals surface area contributed by atoms with Gasteiger partial charge in [0.2, 0.25) is 11.8 Å². The van der Waals surface area contributed by atoms with Crippen LogP contribution in [-0.2, 0) is 29.0 Å². The molecule has 1 aliphatic heterocycles. The Bertz CT molecular complexity index is 1520. The summed E-state index contributed by atoms with van der Waals surface area (Å²) in [6.45, 7) is 8.24. The highest BCUT2D eigenvalue weighted by Gasteiger charge is 2.38. The molecule has 9 nitrogen and oxygen atoms in total. The number of carbonyl (C=O) groups excluding carboxylic acids is 2. The lowest BCUT2D eigenvalue weighted by Gasteiger charge is -2.42. The third kappa shape index (κ3) is 9.19. The molecule has 1 fully saturated rings. The van der Waals surface area contributed by atoms with Gasteiger partial charge in [-0.25, -0.2) is 8.78 Å². The lowest BCUT2D eigenvalue weighted by molar-refractivity contribution is -0.132. The Morgan fingerprint density at radius 3 is 2.51 bits per heavy atom. The molecule has 5 atom stereocenters. The molecule has 2 heterocycles. The molecular formula is C36H45F2N5O4. The molecule has 252 valence electrons. The SMILES string of the molecule is CC(C)(C)NC(=O)[C@@H]1CN(Cc2cccnc2)CCN1C[C@@H](O)C[C@@H](Cc1ccc(F)cc1)C(=O)NC1c2cccc(F)c2C[C@H]1O. The Hall–Kier alpha value is -3.77. The van der Waals surface area contributed by atoms with Crippen LogP contribution in [0.15, 0.2) is 67.0 Å². The van der Waals surface area contributed by atoms with Crippen LogP contribution in [0.4, 0.5) is 8.78 Å². The summed E-state index contributed by atoms with van der Waals surface area (Å²) in [5.41, 5.74) is 2.22. The molecule has 0 saturated carbocycles. The molecule has 2 amide bonds. The zero-order chi connectivity index (χ0) is 33.7. The lowest BCUT2D eigenvalue weighted by atomic mass is 9.91. The number of amides is 2. The fraction of sp³-hybridized carbons (Fsp3) is 0.472. The number of aromatic nitrogens is 1. The fourth-order valence-electron chi connectivity index (χ4n) is 6.61. The van der Waals surface area contributed by atoms with Crippen LogP contribution in [0.2, 0.25) is 0 Å². The van der Waals surface area contributed by atoms with Gasteiger partial charge < -0.3 is 20.8 Å². The third-order valence-corrected chi connectivity index (χ3v) is 8.86. The van der Waals surface area contributed by atoms with Crippen molar-refractivity contribution in [1.29, 1.82) is 0 Å². The quantitative estimate of drug-likeness (QED) is 0.252. The highest BCUT2D eigenvalue weighted by Crippen LogP contribution is 2.33. The fourth-order valence-corrected chi connectivity index (χ4v) is 6.61. The van der Waals surface area contributed by atoms with Crippen LogP contribution in [-0.4, -0.2) is 86.8 Å². The number of rotatable bonds is 11. The van der Waals surface area contributed by atoms with Crippen LogP contribution in [0.25, 0.3) is 0 Å². The number of hydrogen-bond donors (Lipinski definition) is 4. The maximum Gasteiger partial charge on any atom is 0.239 e. The standard InChI is InChI=1S/C36H45F2N5O4/c1-36(2,3)41-35(47)31-22-42(20-24-6-5-13-39-19-24)14-15-43(31)21-27(44)17-25(16-23-9-11-26(37)12-10-23)34(46)40-33-28-7-4-8-30(38)29(28)18-32(33)45/h4-13,19,25,27,31-33,44-45H,14-18,20-22H2,1-3H3,(H,40,46)(H,41,47)/t25-,27+,31+,32-,33?/m1/s1. The van der Waals surface area contributed by atoms with Gasteiger partial charge in [-0.2, -0.15) is 0 Å². The summed E-state index contributed by atoms with van der Waals surface area (Å²) in [5.74, 6) is -2.11. The maximum absolute atomic E-state index is 14.4. The zero-order valence-electron chi connectivity index (χ0n) is 27.2. The second-order valence-electron chi connectivity index (χ2n) is 13.8. The van der Waals surface area contributed by atoms with Gasteiger partial charge in [-0.15, -0.1) is 0 Å². The molecule has 4 N–H and O–H groups in total. The van der Waals surface area contributed by atoms with Gasteiger partial charge in [0.15, 0.2) is 0 Å². The maximum atomic E-state index is 14.4. The van der Waals surface area contributed by atoms with Gasteiger partial charge in [-0.3, -0.25) is 24.4 Å². The van der Waals surface area contributed by atoms with Crippen LogP contribution in [0, 0.1) is 17.6 Å². The van der Waals surface area contributed by atoms with E-state index >= 15 is 0 Å². The van der Waals surface area contributed by atoms with E-state index in [0.717, 1.165) is 5.56 Å². The summed E-state index contributed by atoms with van der Waals surface area (Å²) in [6, 6.07) is 13.0. The molecular weight excluding hydrogens is 604 g/mol. The molecule has 1 unspecified atom stereocenters. The molecule has 47 heavy (non-hydrogen) atoms. The monoisotopic (exact) mass is 649 g/mol. The molecule has 3 aromatic rings. The molecule has 1 aliphatic carbocycles. The van der Waals surface area contributed by atoms with E-state index in [0.29, 0.717) is 42.9 Å². The Kier molecular flexibility index (Phi) is 11.0. The van der Waals surface area contributed by atoms with Crippen molar-refractivity contribution >= 4 is 11.8 Å². The van der Waals surface area contributed by atoms with Crippen LogP contribution in [0.3, 0.4) is 0 Å². The first-order chi connectivity index (χ1) is 22.4. The molecule has 5 rings (SSSR count). The van der Waals surface area contributed by atoms with E-state index in [4.69, 9.17) is 0 Å². The number of hydrogen-bond acceptors (Lipinski definition) is 7. The van der Waals surface area contributed by atoms with Crippen molar-refractivity contribution in [1.82, 2.24) is 25.4 Å². The van der Waals surface area contributed by atoms with Crippen molar-refractivity contribution in [2.45, 2.75) is 76.4 Å². The first-order valence-electron chi connectivity index (χ1n) is 16.2. The van der Waals surface area contributed by atoms with E-state index in [2.05, 4.69) is 20.5 Å². The smallest absolute Gasteiger partial charge is 0.239 e. The summed E-state index contributed by atoms with van der Waals surface area (Å²) in [6.07, 6.45) is 1.93. The van der Waals surface area contributed by atoms with Crippen molar-refractivity contribution in [3.63, 3.8) is 0 Å². The number of carbonyl (C=O) groups is 2. The predicted molar refractivity (Wildman–Crippen MR) is 174 cm³/mol. The van der Waals surface area contributed by atoms with E-state index in [-0.39, 0.29) is 31.7 Å². The lowest BCUT2D eigenvalue weighted by Crippen LogP contribution is -2.61. The molecule has 11 heteroatoms. The first kappa shape index (κ1) is 34.6. The van der Waals surface area contributed by atoms with Gasteiger partial charge in [0.25, 0.3) is 0 Å². The second kappa shape index (κ2) is 15.0. The number of aliphatic hydroxyl groups is 2. The van der Waals surface area contributed by atoms with Gasteiger partial charge >= 0.3 is 0 Å². The molecule has 1 aromatic heterocycles. The van der Waals surface area contributed by atoms with Crippen molar-refractivity contribution in [3.05, 3.63) is 101 Å². The summed E-state index contributed by atoms with van der Waals surface area (Å²) >= 11 is 0. The largest absolute Gasteiger partial charge is 0.392 e. The van der Waals surface area contributed by atoms with Gasteiger partial charge in [-0.05, 0) is 80.1 Å². The van der Waals surface area contributed by atoms with E-state index in [1.807, 2.05) is 44.0 Å². The van der Waals surface area contributed by atoms with Gasteiger partial charge in [-0.1, -0.05) is 30.3 Å². The Labute approximate surface area is 275 Å². The number of nitrogens with zero attached hydrogens (tertiary/aromatic N) is 3. The minimum Gasteiger partial charge on any atom is -0.392 e. The predicted octanol–water partition coefficient (Wildman–Crippen LogP) is 3.15. The highest BCUT2D eigenvalue weighted by atomic mass is 19.1. The second-order valence-corrected chi connectivity index (χ2v) is 13.8. The molecule has 2 aromatic carbocycles. The van der Waals surface area contributed by atoms with Crippen molar-refractivity contribution < 1.29 is 28.6 Å². The number of aliphatic hydroxyl groups excluding tert-OH is 2. The van der Waals surface area contributed by atoms with Crippen LogP contribution in [0.5, 0.6) is 0 Å². The topological polar surface area (TPSA) is 118 Å². The Balaban J connectivity index is 1.31. The molecule has 1 saturated heterocycles. The van der Waals surface area contributed by atoms with E-state index in [1.165, 1.54) is 18.2 Å². The van der Waals surface area contributed by atoms with Crippen LogP contribution in [0.1, 0.15) is 55.5 Å². The Morgan fingerprint density at radius 2 is 1.81 bits per heavy atom. The third-order valence-electron chi connectivity index (χ3n) is 8.86. The number of β-amino-alcohol motifs (C(OH)–C–C–N with tert-alkyl or cyclic N) is 1. The van der Waals surface area contributed by atoms with Gasteiger partial charge in [0.1, 0.15) is 17.7 Å². The molecule has 2 aliphatic rings. The van der Waals surface area contributed by atoms with Gasteiger partial charge in [0.05, 0.1) is 18.2 Å². The molecule has 0 bridgehead atoms. The first-order valence-corrected chi connectivity index (χ1v) is 16.2. The number of halogens is 2. The number of nitrogens with one attached hydrogen (secondary N) is 2. The Morgan fingerprint density at radius 1 is 1.04 bits per heavy atom. The summed E-state index contributed by atoms with van der Waals surface area (Å²) in [4.78, 5) is 35.7. The van der Waals surface area contributed by atoms with E-state index < -0.39 is 53.3 Å². The van der Waals surface area contributed by atoms with E-state index in [1.54, 1.807) is 30.5 Å². The number of benzene rings is 2. The minimum absolute atomic E-state index is 0.0611.